The zero-order chi connectivity index (χ0) is 42.5. The van der Waals surface area contributed by atoms with Gasteiger partial charge in [-0.1, -0.05) is 142 Å². The molecule has 0 spiro atoms. The summed E-state index contributed by atoms with van der Waals surface area (Å²) in [6.45, 7) is 3.90. The van der Waals surface area contributed by atoms with Crippen molar-refractivity contribution < 1.29 is 37.6 Å². The fourth-order valence-electron chi connectivity index (χ4n) is 5.16. The first-order valence-corrected chi connectivity index (χ1v) is 23.3. The summed E-state index contributed by atoms with van der Waals surface area (Å²) < 4.78 is 33.1. The van der Waals surface area contributed by atoms with E-state index in [1.54, 1.807) is 7.05 Å². The van der Waals surface area contributed by atoms with Crippen molar-refractivity contribution in [1.29, 1.82) is 0 Å². The minimum absolute atomic E-state index is 0.0349. The number of unbranched alkanes of at least 4 members (excludes halogenated alkanes) is 7. The summed E-state index contributed by atoms with van der Waals surface area (Å²) in [7, 11) is -2.69. The van der Waals surface area contributed by atoms with E-state index in [2.05, 4.69) is 129 Å². The molecule has 0 radical (unpaired) electrons. The molecule has 0 amide bonds. The first-order chi connectivity index (χ1) is 28.3. The Hall–Kier alpha value is -3.33. The largest absolute Gasteiger partial charge is 0.472 e. The highest BCUT2D eigenvalue weighted by atomic mass is 31.2. The van der Waals surface area contributed by atoms with Gasteiger partial charge in [0.2, 0.25) is 0 Å². The van der Waals surface area contributed by atoms with Gasteiger partial charge in [-0.3, -0.25) is 18.6 Å². The Kier molecular flexibility index (Phi) is 40.8. The number of esters is 2. The maximum absolute atomic E-state index is 12.6. The fourth-order valence-corrected chi connectivity index (χ4v) is 5.91. The van der Waals surface area contributed by atoms with Crippen LogP contribution in [0.3, 0.4) is 0 Å². The summed E-state index contributed by atoms with van der Waals surface area (Å²) in [6.07, 6.45) is 55.6. The number of rotatable bonds is 39. The quantitative estimate of drug-likeness (QED) is 0.0270. The van der Waals surface area contributed by atoms with Gasteiger partial charge < -0.3 is 19.7 Å². The lowest BCUT2D eigenvalue weighted by Crippen LogP contribution is -2.29. The molecular weight excluding hydrogens is 750 g/mol. The molecule has 0 aromatic heterocycles. The predicted molar refractivity (Wildman–Crippen MR) is 242 cm³/mol. The van der Waals surface area contributed by atoms with Gasteiger partial charge in [0, 0.05) is 19.4 Å². The number of hydrogen-bond acceptors (Lipinski definition) is 8. The van der Waals surface area contributed by atoms with Gasteiger partial charge in [-0.15, -0.1) is 0 Å². The molecule has 328 valence electrons. The average molecular weight is 828 g/mol. The van der Waals surface area contributed by atoms with E-state index in [0.29, 0.717) is 19.4 Å². The SMILES string of the molecule is CC/C=C\C/C=C\C/C=C\C/C=C\C/C=C\CCCCCC(=O)OC(COC(=O)CCCCCC/C=C\C/C=C\C/C=C\C/C=C\CC)COP(=O)(O)OCCNC. The molecule has 0 fully saturated rings. The predicted octanol–water partition coefficient (Wildman–Crippen LogP) is 12.6. The van der Waals surface area contributed by atoms with Crippen molar-refractivity contribution in [1.82, 2.24) is 5.32 Å². The van der Waals surface area contributed by atoms with Crippen molar-refractivity contribution in [3.05, 3.63) is 109 Å². The lowest BCUT2D eigenvalue weighted by Gasteiger charge is -2.20. The van der Waals surface area contributed by atoms with Crippen molar-refractivity contribution in [3.63, 3.8) is 0 Å². The minimum atomic E-state index is -4.37. The number of carbonyl (C=O) groups is 2. The molecule has 10 heteroatoms. The van der Waals surface area contributed by atoms with Gasteiger partial charge in [-0.2, -0.15) is 0 Å². The number of nitrogens with one attached hydrogen (secondary N) is 1. The summed E-state index contributed by atoms with van der Waals surface area (Å²) in [5.74, 6) is -0.885. The van der Waals surface area contributed by atoms with Gasteiger partial charge in [-0.25, -0.2) is 4.57 Å². The number of ether oxygens (including phenoxy) is 2. The molecule has 2 N–H and O–H groups in total. The van der Waals surface area contributed by atoms with Gasteiger partial charge in [0.15, 0.2) is 6.10 Å². The first kappa shape index (κ1) is 54.7. The molecule has 9 nitrogen and oxygen atoms in total. The number of likely N-dealkylation sites (N-methyl/N-ethyl adjacent to an activating group) is 1. The van der Waals surface area contributed by atoms with Crippen LogP contribution in [0, 0.1) is 0 Å². The van der Waals surface area contributed by atoms with E-state index >= 15 is 0 Å². The molecule has 58 heavy (non-hydrogen) atoms. The van der Waals surface area contributed by atoms with Crippen molar-refractivity contribution in [2.75, 3.05) is 33.4 Å². The van der Waals surface area contributed by atoms with Crippen LogP contribution in [-0.4, -0.2) is 56.3 Å². The minimum Gasteiger partial charge on any atom is -0.462 e. The highest BCUT2D eigenvalue weighted by Gasteiger charge is 2.26. The van der Waals surface area contributed by atoms with Crippen LogP contribution in [0.2, 0.25) is 0 Å². The summed E-state index contributed by atoms with van der Waals surface area (Å²) in [5, 5.41) is 2.81. The molecule has 0 saturated heterocycles. The maximum Gasteiger partial charge on any atom is 0.472 e. The van der Waals surface area contributed by atoms with Crippen LogP contribution in [0.15, 0.2) is 109 Å². The normalized spacial score (nSPS) is 14.3. The molecule has 0 aliphatic heterocycles. The topological polar surface area (TPSA) is 120 Å². The molecule has 0 bridgehead atoms. The third-order valence-corrected chi connectivity index (χ3v) is 9.37. The number of hydrogen-bond donors (Lipinski definition) is 2. The molecule has 0 aromatic rings. The van der Waals surface area contributed by atoms with Gasteiger partial charge >= 0.3 is 19.8 Å². The summed E-state index contributed by atoms with van der Waals surface area (Å²) in [6, 6.07) is 0. The molecule has 2 unspecified atom stereocenters. The molecule has 0 heterocycles. The number of allylic oxidation sites excluding steroid dienone is 18. The van der Waals surface area contributed by atoms with Crippen molar-refractivity contribution in [2.45, 2.75) is 148 Å². The Morgan fingerprint density at radius 3 is 1.38 bits per heavy atom. The maximum atomic E-state index is 12.6. The van der Waals surface area contributed by atoms with Crippen LogP contribution < -0.4 is 5.32 Å². The van der Waals surface area contributed by atoms with Gasteiger partial charge in [0.05, 0.1) is 13.2 Å². The summed E-state index contributed by atoms with van der Waals surface area (Å²) >= 11 is 0. The molecule has 0 aliphatic rings. The van der Waals surface area contributed by atoms with E-state index in [4.69, 9.17) is 18.5 Å². The number of phosphoric ester groups is 1. The van der Waals surface area contributed by atoms with Crippen LogP contribution in [0.25, 0.3) is 0 Å². The van der Waals surface area contributed by atoms with E-state index in [0.717, 1.165) is 103 Å². The third kappa shape index (κ3) is 42.3. The van der Waals surface area contributed by atoms with Crippen LogP contribution in [0.1, 0.15) is 142 Å². The molecule has 0 aliphatic carbocycles. The molecular formula is C48H78NO8P. The highest BCUT2D eigenvalue weighted by Crippen LogP contribution is 2.43. The van der Waals surface area contributed by atoms with Crippen molar-refractivity contribution >= 4 is 19.8 Å². The zero-order valence-corrected chi connectivity index (χ0v) is 37.1. The van der Waals surface area contributed by atoms with E-state index in [1.807, 2.05) is 0 Å². The Labute approximate surface area is 352 Å². The van der Waals surface area contributed by atoms with E-state index < -0.39 is 32.5 Å². The van der Waals surface area contributed by atoms with E-state index in [9.17, 15) is 19.0 Å². The second-order valence-electron chi connectivity index (χ2n) is 13.8. The van der Waals surface area contributed by atoms with Crippen LogP contribution in [0.4, 0.5) is 0 Å². The Morgan fingerprint density at radius 1 is 0.534 bits per heavy atom. The lowest BCUT2D eigenvalue weighted by atomic mass is 10.1. The second kappa shape index (κ2) is 43.3. The highest BCUT2D eigenvalue weighted by molar-refractivity contribution is 7.47. The first-order valence-electron chi connectivity index (χ1n) is 21.8. The summed E-state index contributed by atoms with van der Waals surface area (Å²) in [5.41, 5.74) is 0. The van der Waals surface area contributed by atoms with E-state index in [-0.39, 0.29) is 26.1 Å². The standard InChI is InChI=1S/C48H78NO8P/c1-4-6-8-10-12-14-16-18-20-22-23-25-27-29-31-33-35-37-39-41-48(51)57-46(45-56-58(52,53)55-43-42-49-3)44-54-47(50)40-38-36-34-32-30-28-26-24-21-19-17-15-13-11-9-7-5-2/h6-9,12-15,18-21,23,25-26,28-29,31,46,49H,4-5,10-11,16-17,22,24,27,30,32-45H2,1-3H3,(H,52,53)/b8-6-,9-7-,14-12-,15-13-,20-18-,21-19-,25-23-,28-26-,31-29-. The average Bonchev–Trinajstić information content (AvgIpc) is 3.21. The van der Waals surface area contributed by atoms with Gasteiger partial charge in [0.25, 0.3) is 0 Å². The number of carbonyl (C=O) groups excluding carboxylic acids is 2. The second-order valence-corrected chi connectivity index (χ2v) is 15.2. The molecule has 2 atom stereocenters. The Bertz CT molecular complexity index is 1310. The molecule has 0 aromatic carbocycles. The van der Waals surface area contributed by atoms with Crippen molar-refractivity contribution in [2.24, 2.45) is 0 Å². The zero-order valence-electron chi connectivity index (χ0n) is 36.2. The van der Waals surface area contributed by atoms with Gasteiger partial charge in [0.1, 0.15) is 6.61 Å². The monoisotopic (exact) mass is 828 g/mol. The van der Waals surface area contributed by atoms with Crippen LogP contribution in [-0.2, 0) is 32.7 Å². The Balaban J connectivity index is 4.36. The van der Waals surface area contributed by atoms with E-state index in [1.165, 1.54) is 0 Å². The van der Waals surface area contributed by atoms with Gasteiger partial charge in [-0.05, 0) is 103 Å². The Morgan fingerprint density at radius 2 is 0.931 bits per heavy atom. The summed E-state index contributed by atoms with van der Waals surface area (Å²) in [4.78, 5) is 35.1. The fraction of sp³-hybridized carbons (Fsp3) is 0.583. The van der Waals surface area contributed by atoms with Crippen LogP contribution >= 0.6 is 7.82 Å². The molecule has 0 rings (SSSR count). The molecule has 0 saturated carbocycles. The third-order valence-electron chi connectivity index (χ3n) is 8.39. The van der Waals surface area contributed by atoms with Crippen molar-refractivity contribution in [3.8, 4) is 0 Å². The van der Waals surface area contributed by atoms with Crippen LogP contribution in [0.5, 0.6) is 0 Å². The number of phosphoric acid groups is 1. The lowest BCUT2D eigenvalue weighted by molar-refractivity contribution is -0.161. The smallest absolute Gasteiger partial charge is 0.462 e.